The van der Waals surface area contributed by atoms with Crippen molar-refractivity contribution in [3.05, 3.63) is 83.2 Å². The summed E-state index contributed by atoms with van der Waals surface area (Å²) in [5, 5.41) is 2.60. The van der Waals surface area contributed by atoms with Gasteiger partial charge in [0.25, 0.3) is 5.91 Å². The van der Waals surface area contributed by atoms with Gasteiger partial charge in [0.05, 0.1) is 16.7 Å². The maximum atomic E-state index is 13.5. The Morgan fingerprint density at radius 1 is 1.15 bits per heavy atom. The third-order valence-corrected chi connectivity index (χ3v) is 8.14. The molecule has 0 aromatic heterocycles. The number of allylic oxidation sites excluding steroid dienone is 1. The van der Waals surface area contributed by atoms with Gasteiger partial charge in [0.15, 0.2) is 0 Å². The normalized spacial score (nSPS) is 16.6. The topological polar surface area (TPSA) is 117 Å². The molecule has 0 saturated heterocycles. The molecule has 1 amide bonds. The molecule has 0 radical (unpaired) electrons. The second kappa shape index (κ2) is 14.3. The zero-order valence-electron chi connectivity index (χ0n) is 22.1. The quantitative estimate of drug-likeness (QED) is 0.355. The number of carbonyl (C=O) groups excluding carboxylic acids is 1. The molecule has 0 spiro atoms. The van der Waals surface area contributed by atoms with E-state index in [0.29, 0.717) is 35.4 Å². The molecule has 0 fully saturated rings. The maximum absolute atomic E-state index is 13.5. The molecule has 9 nitrogen and oxygen atoms in total. The number of halogens is 1. The average Bonchev–Trinajstić information content (AvgIpc) is 3.29. The Labute approximate surface area is 231 Å². The molecule has 3 rings (SSSR count). The number of hydrogen-bond acceptors (Lipinski definition) is 6. The largest absolute Gasteiger partial charge is 0.437 e. The Bertz CT molecular complexity index is 1370. The number of sulfonamides is 1. The third kappa shape index (κ3) is 8.40. The van der Waals surface area contributed by atoms with Gasteiger partial charge in [-0.15, -0.1) is 0 Å². The number of hydrogen-bond donors (Lipinski definition) is 2. The monoisotopic (exact) mass is 576 g/mol. The summed E-state index contributed by atoms with van der Waals surface area (Å²) in [6, 6.07) is 14.4. The molecule has 39 heavy (non-hydrogen) atoms. The van der Waals surface area contributed by atoms with Crippen molar-refractivity contribution in [3.63, 3.8) is 0 Å². The minimum Gasteiger partial charge on any atom is -0.437 e. The van der Waals surface area contributed by atoms with Crippen LogP contribution in [0.3, 0.4) is 0 Å². The van der Waals surface area contributed by atoms with Gasteiger partial charge in [-0.1, -0.05) is 37.6 Å². The molecule has 0 bridgehead atoms. The predicted molar refractivity (Wildman–Crippen MR) is 151 cm³/mol. The molecule has 1 atom stereocenters. The van der Waals surface area contributed by atoms with Crippen LogP contribution in [0.5, 0.6) is 0 Å². The summed E-state index contributed by atoms with van der Waals surface area (Å²) in [5.74, 6) is -0.507. The first-order valence-electron chi connectivity index (χ1n) is 12.5. The summed E-state index contributed by atoms with van der Waals surface area (Å²) in [6.45, 7) is 2.19. The number of unbranched alkanes of at least 4 members (excludes halogenated alkanes) is 1. The van der Waals surface area contributed by atoms with E-state index in [4.69, 9.17) is 4.74 Å². The highest BCUT2D eigenvalue weighted by molar-refractivity contribution is 7.88. The van der Waals surface area contributed by atoms with Gasteiger partial charge >= 0.3 is 0 Å². The van der Waals surface area contributed by atoms with Gasteiger partial charge in [0, 0.05) is 31.3 Å². The van der Waals surface area contributed by atoms with E-state index < -0.39 is 32.7 Å². The first-order chi connectivity index (χ1) is 18.7. The van der Waals surface area contributed by atoms with Gasteiger partial charge in [-0.25, -0.2) is 26.7 Å². The van der Waals surface area contributed by atoms with Crippen molar-refractivity contribution in [2.75, 3.05) is 33.1 Å². The van der Waals surface area contributed by atoms with Crippen molar-refractivity contribution in [1.29, 1.82) is 0 Å². The fourth-order valence-electron chi connectivity index (χ4n) is 3.71. The lowest BCUT2D eigenvalue weighted by Gasteiger charge is -2.18. The number of rotatable bonds is 13. The molecule has 1 unspecified atom stereocenters. The Kier molecular flexibility index (Phi) is 11.1. The van der Waals surface area contributed by atoms with E-state index in [0.717, 1.165) is 12.7 Å². The van der Waals surface area contributed by atoms with Crippen molar-refractivity contribution < 1.29 is 26.5 Å². The SMILES string of the molecule is CCC/C=C1/C(C(=O)NC)=C(c2ccc(F)cc2)O/C1=N/CN(CCCNS(=O)c1ccccc1)S(C)(=O)=O. The summed E-state index contributed by atoms with van der Waals surface area (Å²) in [6.07, 6.45) is 4.74. The van der Waals surface area contributed by atoms with E-state index in [1.165, 1.54) is 35.6 Å². The van der Waals surface area contributed by atoms with Crippen molar-refractivity contribution in [3.8, 4) is 0 Å². The van der Waals surface area contributed by atoms with E-state index in [1.807, 2.05) is 19.1 Å². The van der Waals surface area contributed by atoms with Crippen LogP contribution in [0, 0.1) is 5.82 Å². The minimum atomic E-state index is -3.64. The molecule has 0 aliphatic carbocycles. The molecule has 12 heteroatoms. The fourth-order valence-corrected chi connectivity index (χ4v) is 5.34. The summed E-state index contributed by atoms with van der Waals surface area (Å²) >= 11 is 0. The van der Waals surface area contributed by atoms with E-state index in [9.17, 15) is 21.8 Å². The highest BCUT2D eigenvalue weighted by Gasteiger charge is 2.33. The van der Waals surface area contributed by atoms with Crippen LogP contribution in [0.15, 0.2) is 81.7 Å². The zero-order valence-corrected chi connectivity index (χ0v) is 23.8. The number of benzene rings is 2. The molecule has 1 aliphatic rings. The summed E-state index contributed by atoms with van der Waals surface area (Å²) in [7, 11) is -3.55. The Hall–Kier alpha value is -3.19. The number of nitrogens with one attached hydrogen (secondary N) is 2. The van der Waals surface area contributed by atoms with Crippen LogP contribution in [-0.2, 0) is 30.5 Å². The summed E-state index contributed by atoms with van der Waals surface area (Å²) in [4.78, 5) is 17.9. The van der Waals surface area contributed by atoms with Crippen molar-refractivity contribution >= 4 is 38.6 Å². The van der Waals surface area contributed by atoms with Crippen LogP contribution in [0.4, 0.5) is 4.39 Å². The second-order valence-electron chi connectivity index (χ2n) is 8.67. The molecule has 2 N–H and O–H groups in total. The molecule has 2 aromatic rings. The smallest absolute Gasteiger partial charge is 0.255 e. The average molecular weight is 577 g/mol. The highest BCUT2D eigenvalue weighted by Crippen LogP contribution is 2.35. The van der Waals surface area contributed by atoms with Crippen molar-refractivity contribution in [2.45, 2.75) is 31.1 Å². The molecule has 0 saturated carbocycles. The third-order valence-electron chi connectivity index (χ3n) is 5.74. The van der Waals surface area contributed by atoms with E-state index >= 15 is 0 Å². The second-order valence-corrected chi connectivity index (χ2v) is 12.0. The number of nitrogens with zero attached hydrogens (tertiary/aromatic N) is 2. The van der Waals surface area contributed by atoms with Crippen LogP contribution in [0.1, 0.15) is 31.7 Å². The van der Waals surface area contributed by atoms with E-state index in [-0.39, 0.29) is 30.4 Å². The molecular formula is C27H33FN4O5S2. The lowest BCUT2D eigenvalue weighted by molar-refractivity contribution is -0.116. The van der Waals surface area contributed by atoms with Gasteiger partial charge in [-0.3, -0.25) is 4.79 Å². The Balaban J connectivity index is 1.79. The maximum Gasteiger partial charge on any atom is 0.255 e. The number of likely N-dealkylation sites (N-methyl/N-ethyl adjacent to an activating group) is 1. The predicted octanol–water partition coefficient (Wildman–Crippen LogP) is 3.36. The van der Waals surface area contributed by atoms with Crippen LogP contribution in [0.2, 0.25) is 0 Å². The Morgan fingerprint density at radius 2 is 1.85 bits per heavy atom. The van der Waals surface area contributed by atoms with Gasteiger partial charge in [0.1, 0.15) is 29.2 Å². The van der Waals surface area contributed by atoms with Crippen LogP contribution < -0.4 is 10.0 Å². The molecular weight excluding hydrogens is 543 g/mol. The number of amides is 1. The van der Waals surface area contributed by atoms with Gasteiger partial charge in [0.2, 0.25) is 15.9 Å². The van der Waals surface area contributed by atoms with Gasteiger partial charge in [-0.05, 0) is 49.2 Å². The zero-order chi connectivity index (χ0) is 28.4. The van der Waals surface area contributed by atoms with Crippen LogP contribution in [-0.4, -0.2) is 61.8 Å². The van der Waals surface area contributed by atoms with E-state index in [2.05, 4.69) is 15.0 Å². The molecule has 1 aliphatic heterocycles. The van der Waals surface area contributed by atoms with Crippen molar-refractivity contribution in [2.24, 2.45) is 4.99 Å². The number of carbonyl (C=O) groups is 1. The molecule has 2 aromatic carbocycles. The summed E-state index contributed by atoms with van der Waals surface area (Å²) < 4.78 is 60.9. The van der Waals surface area contributed by atoms with Gasteiger partial charge < -0.3 is 10.1 Å². The van der Waals surface area contributed by atoms with E-state index in [1.54, 1.807) is 24.3 Å². The lowest BCUT2D eigenvalue weighted by Crippen LogP contribution is -2.33. The van der Waals surface area contributed by atoms with Crippen LogP contribution in [0.25, 0.3) is 5.76 Å². The fraction of sp³-hybridized carbons (Fsp3) is 0.333. The minimum absolute atomic E-state index is 0.110. The standard InChI is InChI=1S/C27H33FN4O5S2/c1-4-5-12-23-24(26(33)29-2)25(20-13-15-21(28)16-14-20)37-27(23)30-19-32(39(3,35)36)18-9-17-31-38(34)22-10-7-6-8-11-22/h6-8,10-16,31H,4-5,9,17-19H2,1-3H3,(H,29,33)/b23-12-,30-27+. The Morgan fingerprint density at radius 3 is 2.46 bits per heavy atom. The number of aliphatic imine (C=N–C) groups is 1. The lowest BCUT2D eigenvalue weighted by atomic mass is 10.0. The molecule has 210 valence electrons. The highest BCUT2D eigenvalue weighted by atomic mass is 32.2. The number of ether oxygens (including phenoxy) is 1. The first-order valence-corrected chi connectivity index (χ1v) is 15.5. The molecule has 1 heterocycles. The van der Waals surface area contributed by atoms with Gasteiger partial charge in [-0.2, -0.15) is 4.31 Å². The van der Waals surface area contributed by atoms with Crippen LogP contribution >= 0.6 is 0 Å². The first kappa shape index (κ1) is 30.4. The summed E-state index contributed by atoms with van der Waals surface area (Å²) in [5.41, 5.74) is 1.18. The van der Waals surface area contributed by atoms with Crippen molar-refractivity contribution in [1.82, 2.24) is 14.3 Å².